The first-order valence-corrected chi connectivity index (χ1v) is 12.8. The molecule has 2 saturated heterocycles. The largest absolute Gasteiger partial charge is 0.393 e. The third-order valence-corrected chi connectivity index (χ3v) is 9.36. The van der Waals surface area contributed by atoms with Crippen LogP contribution in [0.5, 0.6) is 0 Å². The molecule has 3 atom stereocenters. The van der Waals surface area contributed by atoms with Crippen molar-refractivity contribution >= 4 is 33.2 Å². The fraction of sp³-hybridized carbons (Fsp3) is 0.348. The molecule has 0 aliphatic carbocycles. The second-order valence-corrected chi connectivity index (χ2v) is 11.2. The van der Waals surface area contributed by atoms with Crippen molar-refractivity contribution in [2.45, 2.75) is 55.7 Å². The van der Waals surface area contributed by atoms with E-state index >= 15 is 0 Å². The Labute approximate surface area is 197 Å². The maximum Gasteiger partial charge on any atom is 0.245 e. The lowest BCUT2D eigenvalue weighted by Gasteiger charge is -2.36. The lowest BCUT2D eigenvalue weighted by Crippen LogP contribution is -2.47. The van der Waals surface area contributed by atoms with Gasteiger partial charge in [0.1, 0.15) is 10.7 Å². The molecule has 3 heterocycles. The van der Waals surface area contributed by atoms with E-state index in [1.807, 2.05) is 25.1 Å². The van der Waals surface area contributed by atoms with Gasteiger partial charge in [-0.1, -0.05) is 29.3 Å². The highest BCUT2D eigenvalue weighted by Crippen LogP contribution is 2.41. The zero-order chi connectivity index (χ0) is 22.6. The van der Waals surface area contributed by atoms with Crippen LogP contribution < -0.4 is 0 Å². The number of piperidine rings is 1. The molecule has 2 aromatic carbocycles. The predicted octanol–water partition coefficient (Wildman–Crippen LogP) is 5.04. The second kappa shape index (κ2) is 8.15. The number of halogens is 2. The van der Waals surface area contributed by atoms with Crippen LogP contribution in [0.1, 0.15) is 31.2 Å². The number of sulfonamides is 1. The summed E-state index contributed by atoms with van der Waals surface area (Å²) in [5, 5.41) is 10.9. The van der Waals surface area contributed by atoms with Crippen LogP contribution in [-0.2, 0) is 10.0 Å². The first-order valence-electron chi connectivity index (χ1n) is 10.6. The maximum absolute atomic E-state index is 13.6. The molecule has 2 bridgehead atoms. The van der Waals surface area contributed by atoms with E-state index in [0.717, 1.165) is 29.7 Å². The van der Waals surface area contributed by atoms with E-state index in [-0.39, 0.29) is 22.0 Å². The molecule has 2 unspecified atom stereocenters. The summed E-state index contributed by atoms with van der Waals surface area (Å²) in [4.78, 5) is 7.80. The molecule has 2 fully saturated rings. The summed E-state index contributed by atoms with van der Waals surface area (Å²) in [5.74, 6) is 0.553. The molecular formula is C23H23Cl2N3O3S. The molecule has 168 valence electrons. The third-order valence-electron chi connectivity index (χ3n) is 6.45. The van der Waals surface area contributed by atoms with Gasteiger partial charge in [0, 0.05) is 22.7 Å². The molecule has 32 heavy (non-hydrogen) atoms. The van der Waals surface area contributed by atoms with Crippen LogP contribution >= 0.6 is 23.2 Å². The Hall–Kier alpha value is -1.90. The van der Waals surface area contributed by atoms with E-state index in [0.29, 0.717) is 29.3 Å². The summed E-state index contributed by atoms with van der Waals surface area (Å²) in [5.41, 5.74) is 3.34. The highest BCUT2D eigenvalue weighted by molar-refractivity contribution is 7.89. The van der Waals surface area contributed by atoms with Gasteiger partial charge < -0.3 is 10.1 Å². The van der Waals surface area contributed by atoms with E-state index in [9.17, 15) is 13.5 Å². The van der Waals surface area contributed by atoms with Crippen molar-refractivity contribution in [2.24, 2.45) is 0 Å². The Kier molecular flexibility index (Phi) is 5.58. The van der Waals surface area contributed by atoms with Crippen LogP contribution in [0, 0.1) is 6.92 Å². The van der Waals surface area contributed by atoms with E-state index in [1.54, 1.807) is 28.7 Å². The first-order chi connectivity index (χ1) is 15.2. The number of fused-ring (bicyclic) bond motifs is 2. The van der Waals surface area contributed by atoms with E-state index < -0.39 is 16.1 Å². The third kappa shape index (κ3) is 3.76. The Morgan fingerprint density at radius 3 is 2.38 bits per heavy atom. The van der Waals surface area contributed by atoms with Gasteiger partial charge in [-0.25, -0.2) is 13.4 Å². The lowest BCUT2D eigenvalue weighted by atomic mass is 10.0. The van der Waals surface area contributed by atoms with Crippen LogP contribution in [0.4, 0.5) is 0 Å². The van der Waals surface area contributed by atoms with Crippen LogP contribution in [0.15, 0.2) is 47.5 Å². The zero-order valence-electron chi connectivity index (χ0n) is 17.4. The van der Waals surface area contributed by atoms with Gasteiger partial charge in [0.05, 0.1) is 23.0 Å². The van der Waals surface area contributed by atoms with Crippen molar-refractivity contribution in [2.75, 3.05) is 0 Å². The highest BCUT2D eigenvalue weighted by atomic mass is 35.5. The van der Waals surface area contributed by atoms with Crippen molar-refractivity contribution in [3.63, 3.8) is 0 Å². The van der Waals surface area contributed by atoms with Gasteiger partial charge in [-0.05, 0) is 74.1 Å². The first kappa shape index (κ1) is 21.9. The Balaban J connectivity index is 1.50. The number of H-pyrrole nitrogens is 1. The van der Waals surface area contributed by atoms with Gasteiger partial charge in [-0.3, -0.25) is 0 Å². The number of rotatable bonds is 4. The molecule has 0 radical (unpaired) electrons. The van der Waals surface area contributed by atoms with Crippen LogP contribution in [0.3, 0.4) is 0 Å². The minimum atomic E-state index is -3.80. The number of aryl methyl sites for hydroxylation is 1. The summed E-state index contributed by atoms with van der Waals surface area (Å²) in [6.07, 6.45) is 3.73. The van der Waals surface area contributed by atoms with Crippen molar-refractivity contribution in [1.82, 2.24) is 14.3 Å². The van der Waals surface area contributed by atoms with E-state index in [1.165, 1.54) is 0 Å². The molecule has 0 amide bonds. The normalized spacial score (nSPS) is 23.6. The Morgan fingerprint density at radius 2 is 1.69 bits per heavy atom. The molecule has 0 spiro atoms. The number of hydrogen-bond donors (Lipinski definition) is 2. The fourth-order valence-electron chi connectivity index (χ4n) is 4.89. The molecule has 0 saturated carbocycles. The smallest absolute Gasteiger partial charge is 0.245 e. The Morgan fingerprint density at radius 1 is 1.03 bits per heavy atom. The molecule has 2 aliphatic heterocycles. The molecule has 2 N–H and O–H groups in total. The number of aromatic amines is 1. The molecule has 9 heteroatoms. The van der Waals surface area contributed by atoms with Crippen molar-refractivity contribution in [3.05, 3.63) is 58.2 Å². The number of imidazole rings is 1. The van der Waals surface area contributed by atoms with Crippen molar-refractivity contribution in [3.8, 4) is 22.6 Å². The molecule has 6 nitrogen and oxygen atoms in total. The summed E-state index contributed by atoms with van der Waals surface area (Å²) in [6.45, 7) is 1.94. The number of aliphatic hydroxyl groups is 1. The molecule has 5 rings (SSSR count). The monoisotopic (exact) mass is 491 g/mol. The summed E-state index contributed by atoms with van der Waals surface area (Å²) < 4.78 is 28.7. The predicted molar refractivity (Wildman–Crippen MR) is 125 cm³/mol. The Bertz CT molecular complexity index is 1280. The number of benzene rings is 2. The number of aliphatic hydroxyl groups excluding tert-OH is 1. The average molecular weight is 492 g/mol. The molecule has 3 aromatic rings. The summed E-state index contributed by atoms with van der Waals surface area (Å²) >= 11 is 12.5. The van der Waals surface area contributed by atoms with Gasteiger partial charge in [0.25, 0.3) is 0 Å². The SMILES string of the molecule is Cc1cc(-c2cnc(-c3ccc(Cl)c(S(=O)(=O)N4C5CC[C@@H]4CC(O)C5)c3)[nH]2)ccc1Cl. The maximum atomic E-state index is 13.6. The van der Waals surface area contributed by atoms with Gasteiger partial charge in [-0.15, -0.1) is 0 Å². The van der Waals surface area contributed by atoms with Crippen molar-refractivity contribution in [1.29, 1.82) is 0 Å². The van der Waals surface area contributed by atoms with Gasteiger partial charge in [-0.2, -0.15) is 4.31 Å². The van der Waals surface area contributed by atoms with E-state index in [4.69, 9.17) is 23.2 Å². The summed E-state index contributed by atoms with van der Waals surface area (Å²) in [6, 6.07) is 10.3. The molecule has 1 aromatic heterocycles. The van der Waals surface area contributed by atoms with Gasteiger partial charge in [0.2, 0.25) is 10.0 Å². The highest BCUT2D eigenvalue weighted by Gasteiger charge is 2.47. The van der Waals surface area contributed by atoms with Crippen LogP contribution in [-0.4, -0.2) is 46.0 Å². The number of aromatic nitrogens is 2. The van der Waals surface area contributed by atoms with Gasteiger partial charge in [0.15, 0.2) is 0 Å². The quantitative estimate of drug-likeness (QED) is 0.535. The number of nitrogens with zero attached hydrogens (tertiary/aromatic N) is 2. The average Bonchev–Trinajstić information content (AvgIpc) is 3.34. The topological polar surface area (TPSA) is 86.3 Å². The number of nitrogens with one attached hydrogen (secondary N) is 1. The zero-order valence-corrected chi connectivity index (χ0v) is 19.8. The molecular weight excluding hydrogens is 469 g/mol. The van der Waals surface area contributed by atoms with Crippen molar-refractivity contribution < 1.29 is 13.5 Å². The van der Waals surface area contributed by atoms with Crippen LogP contribution in [0.2, 0.25) is 10.0 Å². The lowest BCUT2D eigenvalue weighted by molar-refractivity contribution is 0.0769. The van der Waals surface area contributed by atoms with Crippen LogP contribution in [0.25, 0.3) is 22.6 Å². The number of hydrogen-bond acceptors (Lipinski definition) is 4. The second-order valence-electron chi connectivity index (χ2n) is 8.60. The molecule has 2 aliphatic rings. The fourth-order valence-corrected chi connectivity index (χ4v) is 7.40. The standard InChI is InChI=1S/C23H23Cl2N3O3S/c1-13-8-14(2-6-19(13)24)21-12-26-23(27-21)15-3-7-20(25)22(9-15)32(30,31)28-16-4-5-17(28)11-18(29)10-16/h2-3,6-9,12,16-18,29H,4-5,10-11H2,1H3,(H,26,27)/t16-,17?,18?/m1/s1. The minimum absolute atomic E-state index is 0.0743. The van der Waals surface area contributed by atoms with Gasteiger partial charge >= 0.3 is 0 Å². The minimum Gasteiger partial charge on any atom is -0.393 e. The summed E-state index contributed by atoms with van der Waals surface area (Å²) in [7, 11) is -3.80. The van der Waals surface area contributed by atoms with E-state index in [2.05, 4.69) is 9.97 Å².